The van der Waals surface area contributed by atoms with Gasteiger partial charge in [0.1, 0.15) is 5.75 Å². The van der Waals surface area contributed by atoms with Crippen molar-refractivity contribution < 1.29 is 14.7 Å². The summed E-state index contributed by atoms with van der Waals surface area (Å²) in [6.45, 7) is 1.84. The second-order valence-electron chi connectivity index (χ2n) is 5.56. The minimum atomic E-state index is -0.307. The number of carbonyl (C=O) groups is 2. The van der Waals surface area contributed by atoms with E-state index in [1.54, 1.807) is 36.4 Å². The number of anilines is 2. The highest BCUT2D eigenvalue weighted by atomic mass is 79.9. The lowest BCUT2D eigenvalue weighted by Gasteiger charge is -2.11. The van der Waals surface area contributed by atoms with Gasteiger partial charge in [-0.2, -0.15) is 0 Å². The Labute approximate surface area is 162 Å². The van der Waals surface area contributed by atoms with Crippen molar-refractivity contribution in [3.8, 4) is 5.75 Å². The molecule has 0 saturated carbocycles. The van der Waals surface area contributed by atoms with Crippen molar-refractivity contribution in [2.45, 2.75) is 6.92 Å². The van der Waals surface area contributed by atoms with E-state index >= 15 is 0 Å². The van der Waals surface area contributed by atoms with Gasteiger partial charge in [-0.3, -0.25) is 9.59 Å². The van der Waals surface area contributed by atoms with Crippen molar-refractivity contribution >= 4 is 50.5 Å². The number of phenolic OH excluding ortho intramolecular Hbond substituents is 1. The van der Waals surface area contributed by atoms with Gasteiger partial charge in [-0.1, -0.05) is 18.2 Å². The maximum absolute atomic E-state index is 12.3. The summed E-state index contributed by atoms with van der Waals surface area (Å²) < 4.78 is 0.861. The number of aryl methyl sites for hydroxylation is 1. The molecule has 3 rings (SSSR count). The molecule has 0 aliphatic rings. The summed E-state index contributed by atoms with van der Waals surface area (Å²) in [7, 11) is 0. The van der Waals surface area contributed by atoms with Gasteiger partial charge in [0.2, 0.25) is 0 Å². The van der Waals surface area contributed by atoms with E-state index in [4.69, 9.17) is 0 Å². The first kappa shape index (κ1) is 18.2. The summed E-state index contributed by atoms with van der Waals surface area (Å²) in [6.07, 6.45) is 0. The average molecular weight is 431 g/mol. The topological polar surface area (TPSA) is 78.4 Å². The molecule has 7 heteroatoms. The van der Waals surface area contributed by atoms with Crippen molar-refractivity contribution in [2.24, 2.45) is 0 Å². The third-order valence-electron chi connectivity index (χ3n) is 3.69. The summed E-state index contributed by atoms with van der Waals surface area (Å²) in [6, 6.07) is 15.3. The first-order valence-corrected chi connectivity index (χ1v) is 9.31. The normalized spacial score (nSPS) is 10.4. The van der Waals surface area contributed by atoms with Crippen LogP contribution >= 0.6 is 27.3 Å². The fourth-order valence-corrected chi connectivity index (χ4v) is 3.64. The Morgan fingerprint density at radius 1 is 1.00 bits per heavy atom. The zero-order valence-corrected chi connectivity index (χ0v) is 16.1. The number of amides is 2. The van der Waals surface area contributed by atoms with Gasteiger partial charge in [-0.25, -0.2) is 0 Å². The summed E-state index contributed by atoms with van der Waals surface area (Å²) >= 11 is 4.63. The molecule has 5 nitrogen and oxygen atoms in total. The molecule has 0 saturated heterocycles. The Morgan fingerprint density at radius 2 is 1.77 bits per heavy atom. The molecule has 1 aromatic heterocycles. The Bertz CT molecular complexity index is 984. The largest absolute Gasteiger partial charge is 0.506 e. The minimum absolute atomic E-state index is 0.128. The van der Waals surface area contributed by atoms with Gasteiger partial charge in [0.05, 0.1) is 14.4 Å². The Balaban J connectivity index is 1.72. The minimum Gasteiger partial charge on any atom is -0.506 e. The SMILES string of the molecule is Cc1ccccc1C(=O)Nc1ccc(NC(=O)c2ccc(Br)s2)cc1O. The molecule has 132 valence electrons. The molecule has 0 bridgehead atoms. The maximum atomic E-state index is 12.3. The maximum Gasteiger partial charge on any atom is 0.265 e. The first-order valence-electron chi connectivity index (χ1n) is 7.71. The molecular weight excluding hydrogens is 416 g/mol. The van der Waals surface area contributed by atoms with Gasteiger partial charge in [0.25, 0.3) is 11.8 Å². The molecule has 3 N–H and O–H groups in total. The van der Waals surface area contributed by atoms with Crippen LogP contribution in [0.25, 0.3) is 0 Å². The number of phenols is 1. The number of nitrogens with one attached hydrogen (secondary N) is 2. The molecular formula is C19H15BrN2O3S. The lowest BCUT2D eigenvalue weighted by Crippen LogP contribution is -2.14. The third-order valence-corrected chi connectivity index (χ3v) is 5.31. The van der Waals surface area contributed by atoms with Gasteiger partial charge >= 0.3 is 0 Å². The number of aromatic hydroxyl groups is 1. The molecule has 0 radical (unpaired) electrons. The summed E-state index contributed by atoms with van der Waals surface area (Å²) in [4.78, 5) is 25.0. The van der Waals surface area contributed by atoms with E-state index in [0.717, 1.165) is 9.35 Å². The van der Waals surface area contributed by atoms with E-state index in [0.29, 0.717) is 16.1 Å². The van der Waals surface area contributed by atoms with Crippen LogP contribution in [0.15, 0.2) is 58.4 Å². The van der Waals surface area contributed by atoms with Crippen molar-refractivity contribution in [2.75, 3.05) is 10.6 Å². The number of halogens is 1. The van der Waals surface area contributed by atoms with Crippen molar-refractivity contribution in [3.63, 3.8) is 0 Å². The monoisotopic (exact) mass is 430 g/mol. The number of thiophene rings is 1. The second kappa shape index (κ2) is 7.72. The highest BCUT2D eigenvalue weighted by Gasteiger charge is 2.13. The zero-order chi connectivity index (χ0) is 18.7. The molecule has 0 aliphatic heterocycles. The van der Waals surface area contributed by atoms with Crippen molar-refractivity contribution in [1.82, 2.24) is 0 Å². The Hall–Kier alpha value is -2.64. The van der Waals surface area contributed by atoms with Crippen LogP contribution in [-0.4, -0.2) is 16.9 Å². The predicted molar refractivity (Wildman–Crippen MR) is 107 cm³/mol. The molecule has 2 amide bonds. The Morgan fingerprint density at radius 3 is 2.42 bits per heavy atom. The lowest BCUT2D eigenvalue weighted by molar-refractivity contribution is 0.101. The lowest BCUT2D eigenvalue weighted by atomic mass is 10.1. The number of hydrogen-bond donors (Lipinski definition) is 3. The van der Waals surface area contributed by atoms with Crippen LogP contribution < -0.4 is 10.6 Å². The van der Waals surface area contributed by atoms with Crippen molar-refractivity contribution in [3.05, 3.63) is 74.4 Å². The molecule has 2 aromatic carbocycles. The molecule has 0 unspecified atom stereocenters. The zero-order valence-electron chi connectivity index (χ0n) is 13.7. The standard InChI is InChI=1S/C19H15BrN2O3S/c1-11-4-2-3-5-13(11)18(24)22-14-7-6-12(10-15(14)23)21-19(25)16-8-9-17(20)26-16/h2-10,23H,1H3,(H,21,25)(H,22,24). The van der Waals surface area contributed by atoms with Crippen LogP contribution in [0.5, 0.6) is 5.75 Å². The Kier molecular flexibility index (Phi) is 5.39. The van der Waals surface area contributed by atoms with Crippen LogP contribution in [0, 0.1) is 6.92 Å². The predicted octanol–water partition coefficient (Wildman–Crippen LogP) is 5.03. The molecule has 3 aromatic rings. The fourth-order valence-electron chi connectivity index (χ4n) is 2.36. The van der Waals surface area contributed by atoms with Gasteiger partial charge < -0.3 is 15.7 Å². The molecule has 26 heavy (non-hydrogen) atoms. The van der Waals surface area contributed by atoms with E-state index in [2.05, 4.69) is 26.6 Å². The smallest absolute Gasteiger partial charge is 0.265 e. The van der Waals surface area contributed by atoms with Gasteiger partial charge in [-0.15, -0.1) is 11.3 Å². The van der Waals surface area contributed by atoms with Gasteiger partial charge in [-0.05, 0) is 58.7 Å². The number of hydrogen-bond acceptors (Lipinski definition) is 4. The van der Waals surface area contributed by atoms with E-state index < -0.39 is 0 Å². The number of benzene rings is 2. The van der Waals surface area contributed by atoms with E-state index in [9.17, 15) is 14.7 Å². The van der Waals surface area contributed by atoms with Crippen LogP contribution in [0.2, 0.25) is 0 Å². The average Bonchev–Trinajstić information content (AvgIpc) is 3.04. The van der Waals surface area contributed by atoms with E-state index in [1.807, 2.05) is 19.1 Å². The second-order valence-corrected chi connectivity index (χ2v) is 8.02. The van der Waals surface area contributed by atoms with Crippen LogP contribution in [0.1, 0.15) is 25.6 Å². The van der Waals surface area contributed by atoms with Crippen molar-refractivity contribution in [1.29, 1.82) is 0 Å². The molecule has 0 aliphatic carbocycles. The van der Waals surface area contributed by atoms with Crippen LogP contribution in [0.4, 0.5) is 11.4 Å². The van der Waals surface area contributed by atoms with E-state index in [1.165, 1.54) is 17.4 Å². The van der Waals surface area contributed by atoms with Crippen LogP contribution in [0.3, 0.4) is 0 Å². The number of rotatable bonds is 4. The third kappa shape index (κ3) is 4.12. The molecule has 0 fully saturated rings. The molecule has 1 heterocycles. The first-order chi connectivity index (χ1) is 12.4. The summed E-state index contributed by atoms with van der Waals surface area (Å²) in [5.41, 5.74) is 2.09. The summed E-state index contributed by atoms with van der Waals surface area (Å²) in [5, 5.41) is 15.6. The highest BCUT2D eigenvalue weighted by molar-refractivity contribution is 9.11. The van der Waals surface area contributed by atoms with Gasteiger partial charge in [0, 0.05) is 17.3 Å². The molecule has 0 spiro atoms. The summed E-state index contributed by atoms with van der Waals surface area (Å²) in [5.74, 6) is -0.701. The number of carbonyl (C=O) groups excluding carboxylic acids is 2. The van der Waals surface area contributed by atoms with E-state index in [-0.39, 0.29) is 23.3 Å². The molecule has 0 atom stereocenters. The van der Waals surface area contributed by atoms with Crippen LogP contribution in [-0.2, 0) is 0 Å². The fraction of sp³-hybridized carbons (Fsp3) is 0.0526. The highest BCUT2D eigenvalue weighted by Crippen LogP contribution is 2.29. The quantitative estimate of drug-likeness (QED) is 0.507. The van der Waals surface area contributed by atoms with Gasteiger partial charge in [0.15, 0.2) is 0 Å².